The summed E-state index contributed by atoms with van der Waals surface area (Å²) < 4.78 is 2.30. The SMILES string of the molecule is CCn1c(=O)/c(=C/c2ccc(N(C)C)cc2)s/c1=C(/C#N)C(=O)Nc1ccc(C)cc1. The van der Waals surface area contributed by atoms with Crippen LogP contribution >= 0.6 is 11.3 Å². The van der Waals surface area contributed by atoms with Crippen LogP contribution in [-0.4, -0.2) is 24.6 Å². The minimum Gasteiger partial charge on any atom is -0.378 e. The van der Waals surface area contributed by atoms with Crippen molar-refractivity contribution in [3.63, 3.8) is 0 Å². The number of hydrogen-bond acceptors (Lipinski definition) is 5. The van der Waals surface area contributed by atoms with Crippen molar-refractivity contribution >= 4 is 40.3 Å². The summed E-state index contributed by atoms with van der Waals surface area (Å²) in [6.07, 6.45) is 1.79. The zero-order valence-corrected chi connectivity index (χ0v) is 18.8. The lowest BCUT2D eigenvalue weighted by Crippen LogP contribution is -2.33. The van der Waals surface area contributed by atoms with Crippen molar-refractivity contribution in [3.8, 4) is 6.07 Å². The van der Waals surface area contributed by atoms with Crippen LogP contribution in [-0.2, 0) is 11.3 Å². The van der Waals surface area contributed by atoms with E-state index in [9.17, 15) is 14.9 Å². The third kappa shape index (κ3) is 4.93. The van der Waals surface area contributed by atoms with Gasteiger partial charge < -0.3 is 10.2 Å². The number of hydrogen-bond donors (Lipinski definition) is 1. The number of amides is 1. The average molecular weight is 433 g/mol. The molecule has 0 spiro atoms. The van der Waals surface area contributed by atoms with Gasteiger partial charge in [0.15, 0.2) is 5.57 Å². The van der Waals surface area contributed by atoms with Gasteiger partial charge in [-0.25, -0.2) is 0 Å². The summed E-state index contributed by atoms with van der Waals surface area (Å²) in [6.45, 7) is 4.14. The second kappa shape index (κ2) is 9.45. The van der Waals surface area contributed by atoms with E-state index in [4.69, 9.17) is 0 Å². The van der Waals surface area contributed by atoms with E-state index in [0.717, 1.165) is 28.2 Å². The number of anilines is 2. The topological polar surface area (TPSA) is 78.1 Å². The highest BCUT2D eigenvalue weighted by atomic mass is 32.1. The highest BCUT2D eigenvalue weighted by molar-refractivity contribution is 7.07. The first-order valence-electron chi connectivity index (χ1n) is 9.85. The highest BCUT2D eigenvalue weighted by Gasteiger charge is 2.15. The molecule has 0 aliphatic carbocycles. The number of aromatic nitrogens is 1. The quantitative estimate of drug-likeness (QED) is 0.672. The van der Waals surface area contributed by atoms with Crippen molar-refractivity contribution in [2.24, 2.45) is 0 Å². The van der Waals surface area contributed by atoms with Crippen LogP contribution in [0.4, 0.5) is 11.4 Å². The maximum Gasteiger partial charge on any atom is 0.269 e. The van der Waals surface area contributed by atoms with Crippen LogP contribution in [0.25, 0.3) is 11.6 Å². The fraction of sp³-hybridized carbons (Fsp3) is 0.208. The van der Waals surface area contributed by atoms with Crippen LogP contribution in [0.15, 0.2) is 53.3 Å². The van der Waals surface area contributed by atoms with E-state index in [2.05, 4.69) is 5.32 Å². The van der Waals surface area contributed by atoms with Crippen LogP contribution in [0.3, 0.4) is 0 Å². The van der Waals surface area contributed by atoms with E-state index in [-0.39, 0.29) is 11.1 Å². The second-order valence-electron chi connectivity index (χ2n) is 7.26. The Balaban J connectivity index is 2.08. The van der Waals surface area contributed by atoms with E-state index in [1.807, 2.05) is 75.3 Å². The Kier molecular flexibility index (Phi) is 6.73. The molecule has 0 fully saturated rings. The van der Waals surface area contributed by atoms with Gasteiger partial charge in [-0.15, -0.1) is 11.3 Å². The Morgan fingerprint density at radius 1 is 1.16 bits per heavy atom. The molecule has 7 heteroatoms. The predicted octanol–water partition coefficient (Wildman–Crippen LogP) is 2.45. The lowest BCUT2D eigenvalue weighted by atomic mass is 10.2. The molecule has 1 heterocycles. The minimum atomic E-state index is -0.531. The van der Waals surface area contributed by atoms with Crippen LogP contribution in [0.1, 0.15) is 18.1 Å². The Hall–Kier alpha value is -3.63. The molecule has 0 atom stereocenters. The smallest absolute Gasteiger partial charge is 0.269 e. The first-order valence-corrected chi connectivity index (χ1v) is 10.7. The number of benzene rings is 2. The van der Waals surface area contributed by atoms with Crippen LogP contribution in [0.5, 0.6) is 0 Å². The molecule has 0 bridgehead atoms. The molecule has 158 valence electrons. The van der Waals surface area contributed by atoms with Crippen LogP contribution in [0.2, 0.25) is 0 Å². The van der Waals surface area contributed by atoms with E-state index in [0.29, 0.717) is 21.4 Å². The number of carbonyl (C=O) groups is 1. The van der Waals surface area contributed by atoms with Gasteiger partial charge in [-0.3, -0.25) is 14.2 Å². The van der Waals surface area contributed by atoms with Gasteiger partial charge in [0.2, 0.25) is 0 Å². The Labute approximate surface area is 185 Å². The maximum absolute atomic E-state index is 12.9. The third-order valence-electron chi connectivity index (χ3n) is 4.79. The van der Waals surface area contributed by atoms with E-state index in [1.54, 1.807) is 18.2 Å². The first-order chi connectivity index (χ1) is 14.8. The fourth-order valence-corrected chi connectivity index (χ4v) is 4.20. The van der Waals surface area contributed by atoms with Gasteiger partial charge in [-0.2, -0.15) is 5.26 Å². The molecule has 1 N–H and O–H groups in total. The van der Waals surface area contributed by atoms with Gasteiger partial charge in [0.1, 0.15) is 10.7 Å². The van der Waals surface area contributed by atoms with Crippen molar-refractivity contribution in [2.75, 3.05) is 24.3 Å². The minimum absolute atomic E-state index is 0.0767. The van der Waals surface area contributed by atoms with Crippen LogP contribution < -0.4 is 25.0 Å². The predicted molar refractivity (Wildman–Crippen MR) is 127 cm³/mol. The molecule has 3 rings (SSSR count). The largest absolute Gasteiger partial charge is 0.378 e. The first kappa shape index (κ1) is 22.1. The van der Waals surface area contributed by atoms with E-state index in [1.165, 1.54) is 4.57 Å². The molecule has 0 saturated carbocycles. The third-order valence-corrected chi connectivity index (χ3v) is 5.92. The van der Waals surface area contributed by atoms with Gasteiger partial charge >= 0.3 is 0 Å². The molecule has 1 amide bonds. The Morgan fingerprint density at radius 3 is 2.35 bits per heavy atom. The number of nitrogens with one attached hydrogen (secondary N) is 1. The average Bonchev–Trinajstić information content (AvgIpc) is 3.05. The zero-order valence-electron chi connectivity index (χ0n) is 18.0. The summed E-state index contributed by atoms with van der Waals surface area (Å²) in [5.74, 6) is -0.531. The monoisotopic (exact) mass is 432 g/mol. The molecule has 6 nitrogen and oxygen atoms in total. The molecule has 2 aromatic carbocycles. The summed E-state index contributed by atoms with van der Waals surface area (Å²) in [4.78, 5) is 27.7. The number of thiazole rings is 1. The second-order valence-corrected chi connectivity index (χ2v) is 8.29. The van der Waals surface area contributed by atoms with Crippen molar-refractivity contribution in [1.29, 1.82) is 5.26 Å². The maximum atomic E-state index is 12.9. The normalized spacial score (nSPS) is 12.3. The lowest BCUT2D eigenvalue weighted by Gasteiger charge is -2.11. The molecule has 0 aliphatic rings. The summed E-state index contributed by atoms with van der Waals surface area (Å²) in [6, 6.07) is 17.1. The summed E-state index contributed by atoms with van der Waals surface area (Å²) >= 11 is 1.15. The Bertz CT molecular complexity index is 1310. The number of aryl methyl sites for hydroxylation is 1. The number of nitrogens with zero attached hydrogens (tertiary/aromatic N) is 3. The Morgan fingerprint density at radius 2 is 1.81 bits per heavy atom. The molecule has 0 saturated heterocycles. The molecule has 3 aromatic rings. The van der Waals surface area contributed by atoms with Gasteiger partial charge in [0, 0.05) is 32.0 Å². The van der Waals surface area contributed by atoms with Crippen molar-refractivity contribution < 1.29 is 4.79 Å². The summed E-state index contributed by atoms with van der Waals surface area (Å²) in [5, 5.41) is 12.4. The van der Waals surface area contributed by atoms with Crippen molar-refractivity contribution in [1.82, 2.24) is 4.57 Å². The molecule has 0 unspecified atom stereocenters. The summed E-state index contributed by atoms with van der Waals surface area (Å²) in [5.41, 5.74) is 3.31. The number of rotatable bonds is 5. The molecule has 0 radical (unpaired) electrons. The fourth-order valence-electron chi connectivity index (χ4n) is 3.04. The molecular formula is C24H24N4O2S. The van der Waals surface area contributed by atoms with Gasteiger partial charge in [0.05, 0.1) is 4.53 Å². The molecule has 0 aliphatic heterocycles. The lowest BCUT2D eigenvalue weighted by molar-refractivity contribution is -0.111. The molecule has 31 heavy (non-hydrogen) atoms. The van der Waals surface area contributed by atoms with Crippen molar-refractivity contribution in [3.05, 3.63) is 79.2 Å². The number of nitriles is 1. The summed E-state index contributed by atoms with van der Waals surface area (Å²) in [7, 11) is 3.93. The van der Waals surface area contributed by atoms with Gasteiger partial charge in [-0.05, 0) is 49.8 Å². The molecular weight excluding hydrogens is 408 g/mol. The molecule has 1 aromatic heterocycles. The van der Waals surface area contributed by atoms with Gasteiger partial charge in [-0.1, -0.05) is 29.8 Å². The zero-order chi connectivity index (χ0) is 22.5. The van der Waals surface area contributed by atoms with Crippen LogP contribution in [0, 0.1) is 18.3 Å². The van der Waals surface area contributed by atoms with Gasteiger partial charge in [0.25, 0.3) is 11.5 Å². The highest BCUT2D eigenvalue weighted by Crippen LogP contribution is 2.13. The standard InChI is InChI=1S/C24H24N4O2S/c1-5-28-23(30)21(14-17-8-12-19(13-9-17)27(3)4)31-24(28)20(15-25)22(29)26-18-10-6-16(2)7-11-18/h6-14H,5H2,1-4H3,(H,26,29)/b21-14-,24-20-. The van der Waals surface area contributed by atoms with E-state index < -0.39 is 5.91 Å². The van der Waals surface area contributed by atoms with E-state index >= 15 is 0 Å². The number of carbonyl (C=O) groups excluding carboxylic acids is 1. The van der Waals surface area contributed by atoms with Crippen molar-refractivity contribution in [2.45, 2.75) is 20.4 Å².